The van der Waals surface area contributed by atoms with Gasteiger partial charge in [-0.05, 0) is 30.5 Å². The molecule has 2 aromatic heterocycles. The van der Waals surface area contributed by atoms with Gasteiger partial charge in [0.15, 0.2) is 11.3 Å². The van der Waals surface area contributed by atoms with Crippen molar-refractivity contribution in [3.8, 4) is 11.3 Å². The number of nitrogens with zero attached hydrogens (tertiary/aromatic N) is 4. The van der Waals surface area contributed by atoms with Crippen molar-refractivity contribution in [1.29, 1.82) is 0 Å². The molecule has 162 valence electrons. The first-order valence-electron chi connectivity index (χ1n) is 10.2. The molecule has 1 aliphatic heterocycles. The number of carbonyl (C=O) groups excluding carboxylic acids is 1. The predicted molar refractivity (Wildman–Crippen MR) is 113 cm³/mol. The van der Waals surface area contributed by atoms with Gasteiger partial charge in [0.25, 0.3) is 5.91 Å². The molecule has 0 saturated carbocycles. The van der Waals surface area contributed by atoms with Crippen molar-refractivity contribution in [1.82, 2.24) is 19.5 Å². The number of benzene rings is 2. The molecule has 1 aliphatic rings. The van der Waals surface area contributed by atoms with Crippen LogP contribution in [-0.2, 0) is 19.1 Å². The van der Waals surface area contributed by atoms with Crippen molar-refractivity contribution in [3.63, 3.8) is 0 Å². The summed E-state index contributed by atoms with van der Waals surface area (Å²) in [5, 5.41) is 3.88. The fraction of sp³-hybridized carbons (Fsp3) is 0.208. The van der Waals surface area contributed by atoms with E-state index in [4.69, 9.17) is 0 Å². The Morgan fingerprint density at radius 2 is 1.75 bits per heavy atom. The number of alkyl halides is 3. The van der Waals surface area contributed by atoms with Gasteiger partial charge in [0, 0.05) is 18.7 Å². The molecule has 2 aromatic carbocycles. The van der Waals surface area contributed by atoms with Crippen LogP contribution in [0.25, 0.3) is 16.9 Å². The first kappa shape index (κ1) is 20.2. The maximum absolute atomic E-state index is 13.8. The molecule has 0 fully saturated rings. The van der Waals surface area contributed by atoms with Gasteiger partial charge in [-0.15, -0.1) is 0 Å². The largest absolute Gasteiger partial charge is 0.433 e. The Kier molecular flexibility index (Phi) is 4.73. The molecule has 5 nitrogen and oxygen atoms in total. The smallest absolute Gasteiger partial charge is 0.334 e. The van der Waals surface area contributed by atoms with E-state index in [1.807, 2.05) is 43.3 Å². The van der Waals surface area contributed by atoms with Crippen LogP contribution in [0.2, 0.25) is 0 Å². The minimum atomic E-state index is -4.66. The number of halogens is 3. The predicted octanol–water partition coefficient (Wildman–Crippen LogP) is 4.92. The van der Waals surface area contributed by atoms with E-state index in [1.54, 1.807) is 17.0 Å². The van der Waals surface area contributed by atoms with Crippen LogP contribution >= 0.6 is 0 Å². The lowest BCUT2D eigenvalue weighted by molar-refractivity contribution is -0.142. The lowest BCUT2D eigenvalue weighted by Crippen LogP contribution is -2.36. The number of fused-ring (bicyclic) bond motifs is 2. The fourth-order valence-corrected chi connectivity index (χ4v) is 4.03. The van der Waals surface area contributed by atoms with Crippen molar-refractivity contribution in [2.45, 2.75) is 26.1 Å². The van der Waals surface area contributed by atoms with Crippen LogP contribution in [0.1, 0.15) is 32.7 Å². The Morgan fingerprint density at radius 1 is 1.03 bits per heavy atom. The van der Waals surface area contributed by atoms with E-state index in [0.717, 1.165) is 17.2 Å². The Bertz CT molecular complexity index is 1330. The number of amides is 1. The van der Waals surface area contributed by atoms with E-state index in [-0.39, 0.29) is 22.8 Å². The molecule has 1 amide bonds. The molecule has 0 spiro atoms. The van der Waals surface area contributed by atoms with Gasteiger partial charge in [-0.3, -0.25) is 4.79 Å². The topological polar surface area (TPSA) is 50.5 Å². The van der Waals surface area contributed by atoms with Crippen LogP contribution in [0.3, 0.4) is 0 Å². The second-order valence-electron chi connectivity index (χ2n) is 7.93. The van der Waals surface area contributed by atoms with Crippen LogP contribution in [0.15, 0.2) is 60.8 Å². The first-order valence-corrected chi connectivity index (χ1v) is 10.2. The molecule has 4 aromatic rings. The third kappa shape index (κ3) is 3.51. The molecular weight excluding hydrogens is 417 g/mol. The number of aromatic nitrogens is 3. The third-order valence-electron chi connectivity index (χ3n) is 5.76. The first-order chi connectivity index (χ1) is 15.3. The monoisotopic (exact) mass is 436 g/mol. The van der Waals surface area contributed by atoms with Gasteiger partial charge in [-0.1, -0.05) is 54.1 Å². The van der Waals surface area contributed by atoms with Crippen LogP contribution < -0.4 is 0 Å². The average Bonchev–Trinajstić information content (AvgIpc) is 3.21. The highest BCUT2D eigenvalue weighted by Crippen LogP contribution is 2.33. The van der Waals surface area contributed by atoms with E-state index in [9.17, 15) is 18.0 Å². The average molecular weight is 436 g/mol. The van der Waals surface area contributed by atoms with E-state index in [1.165, 1.54) is 11.8 Å². The van der Waals surface area contributed by atoms with Crippen LogP contribution in [-0.4, -0.2) is 31.9 Å². The highest BCUT2D eigenvalue weighted by atomic mass is 19.4. The van der Waals surface area contributed by atoms with Gasteiger partial charge in [0.05, 0.1) is 11.9 Å². The van der Waals surface area contributed by atoms with E-state index in [2.05, 4.69) is 10.1 Å². The Hall–Kier alpha value is -3.68. The molecule has 0 unspecified atom stereocenters. The summed E-state index contributed by atoms with van der Waals surface area (Å²) < 4.78 is 42.2. The van der Waals surface area contributed by atoms with Crippen molar-refractivity contribution >= 4 is 11.6 Å². The van der Waals surface area contributed by atoms with Gasteiger partial charge in [-0.25, -0.2) is 9.50 Å². The lowest BCUT2D eigenvalue weighted by atomic mass is 9.99. The zero-order valence-electron chi connectivity index (χ0n) is 17.2. The third-order valence-corrected chi connectivity index (χ3v) is 5.76. The maximum Gasteiger partial charge on any atom is 0.433 e. The van der Waals surface area contributed by atoms with Crippen molar-refractivity contribution in [2.75, 3.05) is 6.54 Å². The Balaban J connectivity index is 1.60. The Labute approximate surface area is 182 Å². The summed E-state index contributed by atoms with van der Waals surface area (Å²) in [6.07, 6.45) is -2.78. The molecular formula is C24H19F3N4O. The quantitative estimate of drug-likeness (QED) is 0.448. The zero-order chi connectivity index (χ0) is 22.5. The van der Waals surface area contributed by atoms with Crippen molar-refractivity contribution in [3.05, 3.63) is 88.7 Å². The number of hydrogen-bond acceptors (Lipinski definition) is 3. The highest BCUT2D eigenvalue weighted by Gasteiger charge is 2.36. The van der Waals surface area contributed by atoms with Gasteiger partial charge in [-0.2, -0.15) is 18.3 Å². The van der Waals surface area contributed by atoms with E-state index in [0.29, 0.717) is 29.6 Å². The molecule has 3 heterocycles. The second-order valence-corrected chi connectivity index (χ2v) is 7.93. The van der Waals surface area contributed by atoms with E-state index < -0.39 is 11.9 Å². The summed E-state index contributed by atoms with van der Waals surface area (Å²) in [6.45, 7) is 2.78. The fourth-order valence-electron chi connectivity index (χ4n) is 4.03. The summed E-state index contributed by atoms with van der Waals surface area (Å²) in [5.41, 5.74) is 2.86. The van der Waals surface area contributed by atoms with E-state index >= 15 is 0 Å². The summed E-state index contributed by atoms with van der Waals surface area (Å²) >= 11 is 0. The van der Waals surface area contributed by atoms with Gasteiger partial charge in [0.1, 0.15) is 5.56 Å². The number of hydrogen-bond donors (Lipinski definition) is 0. The highest BCUT2D eigenvalue weighted by molar-refractivity contribution is 6.00. The maximum atomic E-state index is 13.8. The Morgan fingerprint density at radius 3 is 2.47 bits per heavy atom. The molecule has 5 rings (SSSR count). The molecule has 0 atom stereocenters. The molecule has 8 heteroatoms. The number of carbonyl (C=O) groups is 1. The summed E-state index contributed by atoms with van der Waals surface area (Å²) in [4.78, 5) is 19.3. The van der Waals surface area contributed by atoms with Crippen LogP contribution in [0.4, 0.5) is 13.2 Å². The van der Waals surface area contributed by atoms with Crippen molar-refractivity contribution in [2.24, 2.45) is 0 Å². The molecule has 0 saturated heterocycles. The van der Waals surface area contributed by atoms with Gasteiger partial charge < -0.3 is 4.90 Å². The molecule has 0 N–H and O–H groups in total. The second kappa shape index (κ2) is 7.47. The van der Waals surface area contributed by atoms with Crippen molar-refractivity contribution < 1.29 is 18.0 Å². The molecule has 0 aliphatic carbocycles. The molecule has 0 bridgehead atoms. The SMILES string of the molecule is Cc1ccc(-c2cc(C(F)(F)F)n3ncc(C(=O)N4CCc5ccccc5C4)c3n2)cc1. The summed E-state index contributed by atoms with van der Waals surface area (Å²) in [6, 6.07) is 15.9. The lowest BCUT2D eigenvalue weighted by Gasteiger charge is -2.28. The van der Waals surface area contributed by atoms with Crippen LogP contribution in [0.5, 0.6) is 0 Å². The number of aryl methyl sites for hydroxylation is 1. The zero-order valence-corrected chi connectivity index (χ0v) is 17.2. The molecule has 0 radical (unpaired) electrons. The number of rotatable bonds is 2. The minimum absolute atomic E-state index is 0.0591. The minimum Gasteiger partial charge on any atom is -0.334 e. The standard InChI is InChI=1S/C24H19F3N4O/c1-15-6-8-17(9-7-15)20-12-21(24(25,26)27)31-22(29-20)19(13-28-31)23(32)30-11-10-16-4-2-3-5-18(16)14-30/h2-9,12-13H,10-11,14H2,1H3. The summed E-state index contributed by atoms with van der Waals surface area (Å²) in [5.74, 6) is -0.379. The normalized spacial score (nSPS) is 13.9. The van der Waals surface area contributed by atoms with Crippen LogP contribution in [0, 0.1) is 6.92 Å². The van der Waals surface area contributed by atoms with Gasteiger partial charge in [0.2, 0.25) is 0 Å². The van der Waals surface area contributed by atoms with Gasteiger partial charge >= 0.3 is 6.18 Å². The summed E-state index contributed by atoms with van der Waals surface area (Å²) in [7, 11) is 0. The molecule has 32 heavy (non-hydrogen) atoms.